The highest BCUT2D eigenvalue weighted by Gasteiger charge is 2.19. The number of rotatable bonds is 15. The molecule has 4 heteroatoms. The predicted molar refractivity (Wildman–Crippen MR) is 266 cm³/mol. The highest BCUT2D eigenvalue weighted by atomic mass is 15.2. The fourth-order valence-corrected chi connectivity index (χ4v) is 7.92. The lowest BCUT2D eigenvalue weighted by Crippen LogP contribution is -2.16. The Bertz CT molecular complexity index is 2610. The third kappa shape index (κ3) is 9.31. The highest BCUT2D eigenvalue weighted by molar-refractivity contribution is 5.84. The summed E-state index contributed by atoms with van der Waals surface area (Å²) in [6, 6.07) is 75.7. The summed E-state index contributed by atoms with van der Waals surface area (Å²) in [5.74, 6) is 0. The van der Waals surface area contributed by atoms with Gasteiger partial charge in [-0.2, -0.15) is 0 Å². The van der Waals surface area contributed by atoms with Crippen LogP contribution in [-0.2, 0) is 0 Å². The van der Waals surface area contributed by atoms with Crippen LogP contribution in [0, 0.1) is 13.8 Å². The van der Waals surface area contributed by atoms with E-state index in [1.165, 1.54) is 11.1 Å². The average Bonchev–Trinajstić information content (AvgIpc) is 3.31. The van der Waals surface area contributed by atoms with Gasteiger partial charge >= 0.3 is 0 Å². The second-order valence-electron chi connectivity index (χ2n) is 15.2. The minimum atomic E-state index is 0.898. The smallest absolute Gasteiger partial charge is 0.0464 e. The van der Waals surface area contributed by atoms with Crippen molar-refractivity contribution >= 4 is 62.6 Å². The molecule has 0 bridgehead atoms. The van der Waals surface area contributed by atoms with Gasteiger partial charge in [-0.25, -0.2) is 0 Å². The van der Waals surface area contributed by atoms with Crippen LogP contribution in [0.15, 0.2) is 249 Å². The molecule has 0 N–H and O–H groups in total. The summed E-state index contributed by atoms with van der Waals surface area (Å²) in [4.78, 5) is 9.26. The van der Waals surface area contributed by atoms with E-state index in [2.05, 4.69) is 271 Å². The molecule has 8 rings (SSSR count). The molecular formula is C58H52N4. The lowest BCUT2D eigenvalue weighted by atomic mass is 10.1. The Hall–Kier alpha value is -7.82. The summed E-state index contributed by atoms with van der Waals surface area (Å²) in [6.45, 7) is 10.4. The van der Waals surface area contributed by atoms with Crippen LogP contribution in [0.5, 0.6) is 0 Å². The fraction of sp³-hybridized carbons (Fsp3) is 0.0690. The first-order chi connectivity index (χ1) is 30.5. The first kappa shape index (κ1) is 40.9. The van der Waals surface area contributed by atoms with Crippen molar-refractivity contribution in [2.24, 2.45) is 0 Å². The molecule has 0 fully saturated rings. The van der Waals surface area contributed by atoms with E-state index in [1.807, 2.05) is 12.2 Å². The van der Waals surface area contributed by atoms with Crippen molar-refractivity contribution in [1.29, 1.82) is 0 Å². The van der Waals surface area contributed by atoms with Crippen LogP contribution < -0.4 is 19.6 Å². The zero-order valence-electron chi connectivity index (χ0n) is 35.7. The predicted octanol–water partition coefficient (Wildman–Crippen LogP) is 16.9. The van der Waals surface area contributed by atoms with Crippen LogP contribution in [0.3, 0.4) is 0 Å². The molecule has 0 saturated heterocycles. The molecule has 8 aromatic rings. The number of benzene rings is 8. The number of nitrogens with zero attached hydrogens (tertiary/aromatic N) is 4. The summed E-state index contributed by atoms with van der Waals surface area (Å²) >= 11 is 0. The summed E-state index contributed by atoms with van der Waals surface area (Å²) in [7, 11) is 0. The van der Waals surface area contributed by atoms with Crippen molar-refractivity contribution in [3.63, 3.8) is 0 Å². The van der Waals surface area contributed by atoms with Gasteiger partial charge in [0.25, 0.3) is 0 Å². The third-order valence-electron chi connectivity index (χ3n) is 10.7. The summed E-state index contributed by atoms with van der Waals surface area (Å²) in [5.41, 5.74) is 15.4. The Morgan fingerprint density at radius 2 is 0.694 bits per heavy atom. The third-order valence-corrected chi connectivity index (χ3v) is 10.7. The monoisotopic (exact) mass is 804 g/mol. The molecule has 0 aliphatic carbocycles. The maximum Gasteiger partial charge on any atom is 0.0464 e. The van der Waals surface area contributed by atoms with E-state index < -0.39 is 0 Å². The van der Waals surface area contributed by atoms with Gasteiger partial charge in [0.2, 0.25) is 0 Å². The SMILES string of the molecule is C=C/C=C\C(=C/CC)N(c1ccccc1)c1ccc(N(c2ccc(N(c3ccccc3)c3cccc(C)c3)cc2)c2ccc(N(c3ccccc3)c3cccc(C)c3)cc2)cc1. The average molecular weight is 805 g/mol. The number of anilines is 11. The number of hydrogen-bond acceptors (Lipinski definition) is 4. The zero-order valence-corrected chi connectivity index (χ0v) is 35.7. The molecule has 0 aromatic heterocycles. The summed E-state index contributed by atoms with van der Waals surface area (Å²) < 4.78 is 0. The highest BCUT2D eigenvalue weighted by Crippen LogP contribution is 2.42. The standard InChI is InChI=1S/C58H52N4/c1-5-7-22-47(19-6-2)59(48-23-11-8-12-24-48)51-31-33-52(34-32-51)60(53-35-39-55(40-36-53)61(49-25-13-9-14-26-49)57-29-17-20-45(3)43-57)54-37-41-56(42-38-54)62(50-27-15-10-16-28-50)58-30-18-21-46(4)44-58/h5,7-44H,1,6H2,2-4H3/b22-7-,47-19+. The minimum Gasteiger partial charge on any atom is -0.311 e. The number of aryl methyl sites for hydroxylation is 2. The molecule has 8 aromatic carbocycles. The summed E-state index contributed by atoms with van der Waals surface area (Å²) in [5, 5.41) is 0. The van der Waals surface area contributed by atoms with Crippen LogP contribution in [-0.4, -0.2) is 0 Å². The van der Waals surface area contributed by atoms with Gasteiger partial charge in [0.15, 0.2) is 0 Å². The fourth-order valence-electron chi connectivity index (χ4n) is 7.92. The van der Waals surface area contributed by atoms with Crippen molar-refractivity contribution in [3.8, 4) is 0 Å². The van der Waals surface area contributed by atoms with E-state index in [-0.39, 0.29) is 0 Å². The van der Waals surface area contributed by atoms with Crippen molar-refractivity contribution in [1.82, 2.24) is 0 Å². The molecule has 62 heavy (non-hydrogen) atoms. The lowest BCUT2D eigenvalue weighted by molar-refractivity contribution is 1.13. The van der Waals surface area contributed by atoms with Crippen molar-refractivity contribution in [3.05, 3.63) is 260 Å². The van der Waals surface area contributed by atoms with Crippen LogP contribution in [0.25, 0.3) is 0 Å². The van der Waals surface area contributed by atoms with Gasteiger partial charge in [0, 0.05) is 68.3 Å². The second-order valence-corrected chi connectivity index (χ2v) is 15.2. The lowest BCUT2D eigenvalue weighted by Gasteiger charge is -2.30. The van der Waals surface area contributed by atoms with E-state index >= 15 is 0 Å². The maximum absolute atomic E-state index is 3.94. The van der Waals surface area contributed by atoms with E-state index in [4.69, 9.17) is 0 Å². The van der Waals surface area contributed by atoms with Gasteiger partial charge in [-0.05, 0) is 171 Å². The normalized spacial score (nSPS) is 11.3. The van der Waals surface area contributed by atoms with E-state index in [0.717, 1.165) is 74.7 Å². The maximum atomic E-state index is 3.94. The molecule has 304 valence electrons. The first-order valence-electron chi connectivity index (χ1n) is 21.3. The minimum absolute atomic E-state index is 0.898. The van der Waals surface area contributed by atoms with Gasteiger partial charge < -0.3 is 19.6 Å². The molecule has 4 nitrogen and oxygen atoms in total. The van der Waals surface area contributed by atoms with Crippen LogP contribution >= 0.6 is 0 Å². The molecule has 0 unspecified atom stereocenters. The van der Waals surface area contributed by atoms with E-state index in [0.29, 0.717) is 0 Å². The van der Waals surface area contributed by atoms with Crippen molar-refractivity contribution in [2.75, 3.05) is 19.6 Å². The molecule has 0 saturated carbocycles. The van der Waals surface area contributed by atoms with E-state index in [9.17, 15) is 0 Å². The van der Waals surface area contributed by atoms with Crippen molar-refractivity contribution < 1.29 is 0 Å². The van der Waals surface area contributed by atoms with Gasteiger partial charge in [-0.3, -0.25) is 0 Å². The Kier molecular flexibility index (Phi) is 12.9. The molecule has 0 aliphatic heterocycles. The summed E-state index contributed by atoms with van der Waals surface area (Å²) in [6.07, 6.45) is 9.09. The number of hydrogen-bond donors (Lipinski definition) is 0. The Balaban J connectivity index is 1.23. The van der Waals surface area contributed by atoms with Crippen LogP contribution in [0.1, 0.15) is 24.5 Å². The second kappa shape index (κ2) is 19.5. The zero-order chi connectivity index (χ0) is 42.7. The molecule has 0 amide bonds. The van der Waals surface area contributed by atoms with Gasteiger partial charge in [0.05, 0.1) is 0 Å². The van der Waals surface area contributed by atoms with Crippen LogP contribution in [0.4, 0.5) is 62.6 Å². The van der Waals surface area contributed by atoms with E-state index in [1.54, 1.807) is 0 Å². The molecule has 0 aliphatic rings. The van der Waals surface area contributed by atoms with Gasteiger partial charge in [-0.1, -0.05) is 111 Å². The largest absolute Gasteiger partial charge is 0.311 e. The Morgan fingerprint density at radius 3 is 1.05 bits per heavy atom. The van der Waals surface area contributed by atoms with Crippen molar-refractivity contribution in [2.45, 2.75) is 27.2 Å². The Morgan fingerprint density at radius 1 is 0.387 bits per heavy atom. The quantitative estimate of drug-likeness (QED) is 0.0957. The molecular weight excluding hydrogens is 753 g/mol. The van der Waals surface area contributed by atoms with Crippen LogP contribution in [0.2, 0.25) is 0 Å². The number of para-hydroxylation sites is 3. The Labute approximate surface area is 367 Å². The van der Waals surface area contributed by atoms with Gasteiger partial charge in [0.1, 0.15) is 0 Å². The molecule has 0 spiro atoms. The molecule has 0 heterocycles. The first-order valence-corrected chi connectivity index (χ1v) is 21.3. The topological polar surface area (TPSA) is 13.0 Å². The molecule has 0 radical (unpaired) electrons. The number of allylic oxidation sites excluding steroid dienone is 4. The molecule has 0 atom stereocenters. The van der Waals surface area contributed by atoms with Gasteiger partial charge in [-0.15, -0.1) is 0 Å².